The number of halogens is 1. The zero-order chi connectivity index (χ0) is 14.7. The van der Waals surface area contributed by atoms with Gasteiger partial charge in [0.15, 0.2) is 0 Å². The summed E-state index contributed by atoms with van der Waals surface area (Å²) in [5.74, 6) is 0.814. The van der Waals surface area contributed by atoms with Crippen molar-refractivity contribution < 1.29 is 9.13 Å². The number of benzene rings is 2. The molecule has 3 rings (SSSR count). The first kappa shape index (κ1) is 13.5. The van der Waals surface area contributed by atoms with E-state index in [0.717, 1.165) is 10.9 Å². The lowest BCUT2D eigenvalue weighted by atomic mass is 10.2. The van der Waals surface area contributed by atoms with E-state index in [1.165, 1.54) is 6.07 Å². The summed E-state index contributed by atoms with van der Waals surface area (Å²) in [7, 11) is 1.77. The van der Waals surface area contributed by atoms with Crippen molar-refractivity contribution in [3.05, 3.63) is 66.1 Å². The van der Waals surface area contributed by atoms with Gasteiger partial charge in [0, 0.05) is 17.5 Å². The maximum atomic E-state index is 13.9. The second-order valence-electron chi connectivity index (χ2n) is 4.71. The van der Waals surface area contributed by atoms with Crippen LogP contribution in [0.2, 0.25) is 0 Å². The van der Waals surface area contributed by atoms with E-state index >= 15 is 0 Å². The van der Waals surface area contributed by atoms with Crippen LogP contribution in [0.15, 0.2) is 54.7 Å². The number of ether oxygens (including phenoxy) is 1. The van der Waals surface area contributed by atoms with Gasteiger partial charge in [-0.1, -0.05) is 24.3 Å². The Morgan fingerprint density at radius 1 is 1.14 bits per heavy atom. The largest absolute Gasteiger partial charge is 0.455 e. The highest BCUT2D eigenvalue weighted by molar-refractivity contribution is 5.79. The van der Waals surface area contributed by atoms with Crippen LogP contribution < -0.4 is 10.1 Å². The summed E-state index contributed by atoms with van der Waals surface area (Å²) in [6.45, 7) is 0.406. The number of rotatable bonds is 4. The third kappa shape index (κ3) is 2.85. The molecule has 0 fully saturated rings. The lowest BCUT2D eigenvalue weighted by molar-refractivity contribution is 0.463. The monoisotopic (exact) mass is 282 g/mol. The molecule has 0 saturated carbocycles. The Morgan fingerprint density at radius 3 is 2.86 bits per heavy atom. The maximum Gasteiger partial charge on any atom is 0.146 e. The first-order valence-corrected chi connectivity index (χ1v) is 6.72. The molecule has 2 aromatic carbocycles. The SMILES string of the molecule is CNCc1c(F)cccc1Oc1cnc2ccccc2c1. The van der Waals surface area contributed by atoms with Crippen LogP contribution in [0.1, 0.15) is 5.56 Å². The molecule has 0 amide bonds. The van der Waals surface area contributed by atoms with Gasteiger partial charge < -0.3 is 10.1 Å². The lowest BCUT2D eigenvalue weighted by Gasteiger charge is -2.12. The molecule has 0 aliphatic heterocycles. The first-order valence-electron chi connectivity index (χ1n) is 6.72. The average molecular weight is 282 g/mol. The zero-order valence-electron chi connectivity index (χ0n) is 11.6. The lowest BCUT2D eigenvalue weighted by Crippen LogP contribution is -2.08. The molecule has 0 spiro atoms. The van der Waals surface area contributed by atoms with E-state index in [1.807, 2.05) is 30.3 Å². The second-order valence-corrected chi connectivity index (χ2v) is 4.71. The van der Waals surface area contributed by atoms with Gasteiger partial charge in [-0.05, 0) is 31.3 Å². The summed E-state index contributed by atoms with van der Waals surface area (Å²) in [6, 6.07) is 14.5. The third-order valence-electron chi connectivity index (χ3n) is 3.22. The molecular formula is C17H15FN2O. The fraction of sp³-hybridized carbons (Fsp3) is 0.118. The Bertz CT molecular complexity index is 774. The van der Waals surface area contributed by atoms with Crippen LogP contribution in [-0.4, -0.2) is 12.0 Å². The Hall–Kier alpha value is -2.46. The van der Waals surface area contributed by atoms with E-state index in [4.69, 9.17) is 4.74 Å². The molecule has 1 N–H and O–H groups in total. The van der Waals surface area contributed by atoms with E-state index in [-0.39, 0.29) is 5.82 Å². The van der Waals surface area contributed by atoms with Crippen molar-refractivity contribution in [2.45, 2.75) is 6.54 Å². The molecule has 21 heavy (non-hydrogen) atoms. The molecule has 3 nitrogen and oxygen atoms in total. The van der Waals surface area contributed by atoms with E-state index in [2.05, 4.69) is 10.3 Å². The van der Waals surface area contributed by atoms with Crippen LogP contribution in [0.5, 0.6) is 11.5 Å². The van der Waals surface area contributed by atoms with Gasteiger partial charge in [0.2, 0.25) is 0 Å². The minimum absolute atomic E-state index is 0.282. The standard InChI is InChI=1S/C17H15FN2O/c1-19-11-14-15(18)6-4-8-17(14)21-13-9-12-5-2-3-7-16(12)20-10-13/h2-10,19H,11H2,1H3. The molecule has 0 aliphatic carbocycles. The summed E-state index contributed by atoms with van der Waals surface area (Å²) in [6.07, 6.45) is 1.65. The number of hydrogen-bond donors (Lipinski definition) is 1. The fourth-order valence-corrected chi connectivity index (χ4v) is 2.22. The number of pyridine rings is 1. The topological polar surface area (TPSA) is 34.1 Å². The van der Waals surface area contributed by atoms with Gasteiger partial charge in [0.05, 0.1) is 11.7 Å². The van der Waals surface area contributed by atoms with E-state index in [0.29, 0.717) is 23.6 Å². The minimum Gasteiger partial charge on any atom is -0.455 e. The predicted molar refractivity (Wildman–Crippen MR) is 81.0 cm³/mol. The molecule has 0 unspecified atom stereocenters. The molecule has 1 aromatic heterocycles. The molecule has 0 saturated heterocycles. The van der Waals surface area contributed by atoms with Gasteiger partial charge in [-0.3, -0.25) is 4.98 Å². The Kier molecular flexibility index (Phi) is 3.79. The van der Waals surface area contributed by atoms with Crippen LogP contribution in [0.4, 0.5) is 4.39 Å². The molecule has 3 aromatic rings. The number of para-hydroxylation sites is 1. The Morgan fingerprint density at radius 2 is 2.00 bits per heavy atom. The van der Waals surface area contributed by atoms with Crippen molar-refractivity contribution in [1.29, 1.82) is 0 Å². The number of nitrogens with zero attached hydrogens (tertiary/aromatic N) is 1. The van der Waals surface area contributed by atoms with Gasteiger partial charge in [-0.15, -0.1) is 0 Å². The number of nitrogens with one attached hydrogen (secondary N) is 1. The fourth-order valence-electron chi connectivity index (χ4n) is 2.22. The molecule has 1 heterocycles. The predicted octanol–water partition coefficient (Wildman–Crippen LogP) is 3.89. The highest BCUT2D eigenvalue weighted by Crippen LogP contribution is 2.28. The maximum absolute atomic E-state index is 13.9. The quantitative estimate of drug-likeness (QED) is 0.788. The third-order valence-corrected chi connectivity index (χ3v) is 3.22. The Balaban J connectivity index is 1.96. The second kappa shape index (κ2) is 5.89. The van der Waals surface area contributed by atoms with Gasteiger partial charge >= 0.3 is 0 Å². The van der Waals surface area contributed by atoms with Crippen molar-refractivity contribution in [3.8, 4) is 11.5 Å². The number of fused-ring (bicyclic) bond motifs is 1. The van der Waals surface area contributed by atoms with Gasteiger partial charge in [-0.2, -0.15) is 0 Å². The minimum atomic E-state index is -0.282. The van der Waals surface area contributed by atoms with Gasteiger partial charge in [0.25, 0.3) is 0 Å². The van der Waals surface area contributed by atoms with Crippen molar-refractivity contribution in [3.63, 3.8) is 0 Å². The Labute approximate surface area is 122 Å². The summed E-state index contributed by atoms with van der Waals surface area (Å²) >= 11 is 0. The van der Waals surface area contributed by atoms with Crippen molar-refractivity contribution in [2.24, 2.45) is 0 Å². The molecule has 106 valence electrons. The van der Waals surface area contributed by atoms with Gasteiger partial charge in [0.1, 0.15) is 17.3 Å². The molecular weight excluding hydrogens is 267 g/mol. The first-order chi connectivity index (χ1) is 10.3. The molecule has 4 heteroatoms. The van der Waals surface area contributed by atoms with E-state index in [1.54, 1.807) is 25.4 Å². The number of hydrogen-bond acceptors (Lipinski definition) is 3. The molecule has 0 aliphatic rings. The van der Waals surface area contributed by atoms with Crippen LogP contribution in [0.3, 0.4) is 0 Å². The molecule has 0 bridgehead atoms. The van der Waals surface area contributed by atoms with E-state index in [9.17, 15) is 4.39 Å². The molecule has 0 radical (unpaired) electrons. The molecule has 0 atom stereocenters. The van der Waals surface area contributed by atoms with Crippen LogP contribution in [0, 0.1) is 5.82 Å². The van der Waals surface area contributed by atoms with Crippen molar-refractivity contribution in [2.75, 3.05) is 7.05 Å². The smallest absolute Gasteiger partial charge is 0.146 e. The number of aromatic nitrogens is 1. The average Bonchev–Trinajstić information content (AvgIpc) is 2.51. The summed E-state index contributed by atoms with van der Waals surface area (Å²) < 4.78 is 19.7. The van der Waals surface area contributed by atoms with Crippen molar-refractivity contribution in [1.82, 2.24) is 10.3 Å². The highest BCUT2D eigenvalue weighted by Gasteiger charge is 2.10. The van der Waals surface area contributed by atoms with Crippen molar-refractivity contribution >= 4 is 10.9 Å². The zero-order valence-corrected chi connectivity index (χ0v) is 11.6. The summed E-state index contributed by atoms with van der Waals surface area (Å²) in [5.41, 5.74) is 1.41. The van der Waals surface area contributed by atoms with Crippen LogP contribution in [0.25, 0.3) is 10.9 Å². The van der Waals surface area contributed by atoms with Gasteiger partial charge in [-0.25, -0.2) is 4.39 Å². The highest BCUT2D eigenvalue weighted by atomic mass is 19.1. The summed E-state index contributed by atoms with van der Waals surface area (Å²) in [4.78, 5) is 4.34. The summed E-state index contributed by atoms with van der Waals surface area (Å²) in [5, 5.41) is 3.93. The normalized spacial score (nSPS) is 10.8. The van der Waals surface area contributed by atoms with Crippen LogP contribution in [-0.2, 0) is 6.54 Å². The van der Waals surface area contributed by atoms with E-state index < -0.39 is 0 Å². The van der Waals surface area contributed by atoms with Crippen LogP contribution >= 0.6 is 0 Å².